The van der Waals surface area contributed by atoms with Crippen LogP contribution in [0.5, 0.6) is 0 Å². The lowest BCUT2D eigenvalue weighted by molar-refractivity contribution is 0.267. The van der Waals surface area contributed by atoms with Gasteiger partial charge in [-0.25, -0.2) is 4.98 Å². The van der Waals surface area contributed by atoms with Gasteiger partial charge in [0.1, 0.15) is 12.4 Å². The Morgan fingerprint density at radius 2 is 1.76 bits per heavy atom. The largest absolute Gasteiger partial charge is 0.388 e. The molecule has 1 aromatic heterocycles. The van der Waals surface area contributed by atoms with Gasteiger partial charge >= 0.3 is 0 Å². The van der Waals surface area contributed by atoms with Gasteiger partial charge in [-0.1, -0.05) is 53.0 Å². The molecule has 0 saturated heterocycles. The number of aryl methyl sites for hydroxylation is 1. The van der Waals surface area contributed by atoms with Crippen LogP contribution in [0.3, 0.4) is 0 Å². The van der Waals surface area contributed by atoms with E-state index in [4.69, 9.17) is 23.2 Å². The zero-order valence-corrected chi connectivity index (χ0v) is 13.0. The van der Waals surface area contributed by atoms with Crippen molar-refractivity contribution in [2.45, 2.75) is 20.1 Å². The van der Waals surface area contributed by atoms with Crippen LogP contribution < -0.4 is 0 Å². The number of nitrogens with zero attached hydrogens (tertiary/aromatic N) is 2. The summed E-state index contributed by atoms with van der Waals surface area (Å²) >= 11 is 12.1. The Labute approximate surface area is 132 Å². The highest BCUT2D eigenvalue weighted by Gasteiger charge is 2.12. The number of fused-ring (bicyclic) bond motifs is 1. The maximum absolute atomic E-state index is 9.53. The second kappa shape index (κ2) is 5.68. The average molecular weight is 321 g/mol. The van der Waals surface area contributed by atoms with Crippen LogP contribution in [0.1, 0.15) is 17.0 Å². The van der Waals surface area contributed by atoms with Crippen molar-refractivity contribution >= 4 is 34.2 Å². The zero-order chi connectivity index (χ0) is 15.0. The quantitative estimate of drug-likeness (QED) is 0.785. The maximum atomic E-state index is 9.53. The molecule has 108 valence electrons. The molecule has 0 aliphatic rings. The molecule has 0 bridgehead atoms. The molecule has 3 rings (SSSR count). The minimum atomic E-state index is -0.129. The van der Waals surface area contributed by atoms with Crippen LogP contribution in [0, 0.1) is 6.92 Å². The summed E-state index contributed by atoms with van der Waals surface area (Å²) in [5.74, 6) is 0.601. The van der Waals surface area contributed by atoms with E-state index in [2.05, 4.69) is 36.2 Å². The number of aromatic nitrogens is 2. The number of halogens is 2. The molecule has 0 unspecified atom stereocenters. The Kier molecular flexibility index (Phi) is 3.89. The maximum Gasteiger partial charge on any atom is 0.136 e. The standard InChI is InChI=1S/C16H14Cl2N2O/c1-10-2-4-11(5-3-10)8-20-15-7-13(18)12(17)6-14(15)19-16(20)9-21/h2-7,21H,8-9H2,1H3. The van der Waals surface area contributed by atoms with Crippen LogP contribution in [0.25, 0.3) is 11.0 Å². The number of benzene rings is 2. The lowest BCUT2D eigenvalue weighted by Gasteiger charge is -2.09. The van der Waals surface area contributed by atoms with Gasteiger partial charge in [-0.05, 0) is 24.6 Å². The fourth-order valence-corrected chi connectivity index (χ4v) is 2.66. The first-order valence-electron chi connectivity index (χ1n) is 6.59. The monoisotopic (exact) mass is 320 g/mol. The lowest BCUT2D eigenvalue weighted by atomic mass is 10.1. The van der Waals surface area contributed by atoms with Gasteiger partial charge in [0.25, 0.3) is 0 Å². The summed E-state index contributed by atoms with van der Waals surface area (Å²) in [4.78, 5) is 4.42. The first-order chi connectivity index (χ1) is 10.1. The van der Waals surface area contributed by atoms with Gasteiger partial charge in [-0.3, -0.25) is 0 Å². The van der Waals surface area contributed by atoms with Gasteiger partial charge in [-0.2, -0.15) is 0 Å². The number of hydrogen-bond acceptors (Lipinski definition) is 2. The third-order valence-corrected chi connectivity index (χ3v) is 4.19. The van der Waals surface area contributed by atoms with Crippen LogP contribution in [-0.4, -0.2) is 14.7 Å². The number of aliphatic hydroxyl groups is 1. The predicted octanol–water partition coefficient (Wildman–Crippen LogP) is 4.19. The molecular formula is C16H14Cl2N2O. The second-order valence-electron chi connectivity index (χ2n) is 5.01. The zero-order valence-electron chi connectivity index (χ0n) is 11.5. The number of aliphatic hydroxyl groups excluding tert-OH is 1. The number of imidazole rings is 1. The van der Waals surface area contributed by atoms with Crippen LogP contribution in [0.2, 0.25) is 10.0 Å². The first kappa shape index (κ1) is 14.4. The highest BCUT2D eigenvalue weighted by molar-refractivity contribution is 6.42. The molecule has 0 aliphatic heterocycles. The Bertz CT molecular complexity index is 794. The summed E-state index contributed by atoms with van der Waals surface area (Å²) in [6.45, 7) is 2.55. The molecule has 2 aromatic carbocycles. The molecule has 0 atom stereocenters. The molecule has 1 heterocycles. The molecule has 0 saturated carbocycles. The van der Waals surface area contributed by atoms with Gasteiger partial charge < -0.3 is 9.67 Å². The predicted molar refractivity (Wildman–Crippen MR) is 86.0 cm³/mol. The Morgan fingerprint density at radius 1 is 1.10 bits per heavy atom. The van der Waals surface area contributed by atoms with Crippen molar-refractivity contribution < 1.29 is 5.11 Å². The summed E-state index contributed by atoms with van der Waals surface area (Å²) in [7, 11) is 0. The van der Waals surface area contributed by atoms with Crippen molar-refractivity contribution in [1.29, 1.82) is 0 Å². The molecular weight excluding hydrogens is 307 g/mol. The smallest absolute Gasteiger partial charge is 0.136 e. The first-order valence-corrected chi connectivity index (χ1v) is 7.34. The summed E-state index contributed by atoms with van der Waals surface area (Å²) in [6.07, 6.45) is 0. The van der Waals surface area contributed by atoms with Crippen LogP contribution in [0.15, 0.2) is 36.4 Å². The fourth-order valence-electron chi connectivity index (χ4n) is 2.34. The van der Waals surface area contributed by atoms with Crippen LogP contribution in [-0.2, 0) is 13.2 Å². The van der Waals surface area contributed by atoms with E-state index < -0.39 is 0 Å². The van der Waals surface area contributed by atoms with Crippen molar-refractivity contribution in [3.05, 3.63) is 63.4 Å². The van der Waals surface area contributed by atoms with E-state index in [9.17, 15) is 5.11 Å². The summed E-state index contributed by atoms with van der Waals surface area (Å²) in [5.41, 5.74) is 3.96. The fraction of sp³-hybridized carbons (Fsp3) is 0.188. The minimum absolute atomic E-state index is 0.129. The van der Waals surface area contributed by atoms with Gasteiger partial charge in [0.05, 0.1) is 21.1 Å². The van der Waals surface area contributed by atoms with Crippen molar-refractivity contribution in [2.24, 2.45) is 0 Å². The van der Waals surface area contributed by atoms with Crippen molar-refractivity contribution in [3.8, 4) is 0 Å². The molecule has 0 spiro atoms. The van der Waals surface area contributed by atoms with Gasteiger partial charge in [0.2, 0.25) is 0 Å². The summed E-state index contributed by atoms with van der Waals surface area (Å²) < 4.78 is 1.96. The van der Waals surface area contributed by atoms with E-state index >= 15 is 0 Å². The van der Waals surface area contributed by atoms with Gasteiger partial charge in [-0.15, -0.1) is 0 Å². The Balaban J connectivity index is 2.11. The summed E-state index contributed by atoms with van der Waals surface area (Å²) in [6, 6.07) is 11.8. The normalized spacial score (nSPS) is 11.2. The molecule has 5 heteroatoms. The van der Waals surface area contributed by atoms with Gasteiger partial charge in [0.15, 0.2) is 0 Å². The molecule has 21 heavy (non-hydrogen) atoms. The Morgan fingerprint density at radius 3 is 2.43 bits per heavy atom. The van der Waals surface area contributed by atoms with Crippen LogP contribution >= 0.6 is 23.2 Å². The molecule has 0 amide bonds. The molecule has 0 fully saturated rings. The molecule has 0 aliphatic carbocycles. The third-order valence-electron chi connectivity index (χ3n) is 3.47. The SMILES string of the molecule is Cc1ccc(Cn2c(CO)nc3cc(Cl)c(Cl)cc32)cc1. The summed E-state index contributed by atoms with van der Waals surface area (Å²) in [5, 5.41) is 10.5. The van der Waals surface area contributed by atoms with Crippen LogP contribution in [0.4, 0.5) is 0 Å². The molecule has 3 nitrogen and oxygen atoms in total. The molecule has 1 N–H and O–H groups in total. The van der Waals surface area contributed by atoms with Crippen molar-refractivity contribution in [3.63, 3.8) is 0 Å². The Hall–Kier alpha value is -1.55. The van der Waals surface area contributed by atoms with E-state index in [-0.39, 0.29) is 6.61 Å². The van der Waals surface area contributed by atoms with Gasteiger partial charge in [0, 0.05) is 6.54 Å². The average Bonchev–Trinajstić information content (AvgIpc) is 2.79. The topological polar surface area (TPSA) is 38.0 Å². The molecule has 3 aromatic rings. The van der Waals surface area contributed by atoms with E-state index in [0.29, 0.717) is 22.4 Å². The van der Waals surface area contributed by atoms with Crippen molar-refractivity contribution in [1.82, 2.24) is 9.55 Å². The van der Waals surface area contributed by atoms with Crippen molar-refractivity contribution in [2.75, 3.05) is 0 Å². The third kappa shape index (κ3) is 2.77. The lowest BCUT2D eigenvalue weighted by Crippen LogP contribution is -2.05. The van der Waals surface area contributed by atoms with E-state index in [1.54, 1.807) is 12.1 Å². The highest BCUT2D eigenvalue weighted by atomic mass is 35.5. The number of hydrogen-bond donors (Lipinski definition) is 1. The van der Waals surface area contributed by atoms with E-state index in [1.807, 2.05) is 4.57 Å². The van der Waals surface area contributed by atoms with E-state index in [0.717, 1.165) is 16.6 Å². The second-order valence-corrected chi connectivity index (χ2v) is 5.83. The number of rotatable bonds is 3. The molecule has 0 radical (unpaired) electrons. The minimum Gasteiger partial charge on any atom is -0.388 e. The highest BCUT2D eigenvalue weighted by Crippen LogP contribution is 2.29. The van der Waals surface area contributed by atoms with E-state index in [1.165, 1.54) is 5.56 Å².